The number of fused-ring (bicyclic) bond motifs is 3. The van der Waals surface area contributed by atoms with Crippen molar-refractivity contribution in [3.05, 3.63) is 108 Å². The van der Waals surface area contributed by atoms with E-state index in [1.165, 1.54) is 30.6 Å². The van der Waals surface area contributed by atoms with Gasteiger partial charge in [-0.1, -0.05) is 0 Å². The van der Waals surface area contributed by atoms with Crippen LogP contribution in [0.3, 0.4) is 0 Å². The Bertz CT molecular complexity index is 1640. The summed E-state index contributed by atoms with van der Waals surface area (Å²) in [5.41, 5.74) is 6.37. The van der Waals surface area contributed by atoms with Crippen molar-refractivity contribution < 1.29 is 0 Å². The van der Waals surface area contributed by atoms with Crippen molar-refractivity contribution in [2.24, 2.45) is 0 Å². The molecule has 34 heavy (non-hydrogen) atoms. The van der Waals surface area contributed by atoms with E-state index in [-0.39, 0.29) is 19.9 Å². The van der Waals surface area contributed by atoms with E-state index in [4.69, 9.17) is 9.97 Å². The van der Waals surface area contributed by atoms with Crippen LogP contribution in [0.1, 0.15) is 30.8 Å². The molecule has 0 aliphatic carbocycles. The molecule has 4 aromatic heterocycles. The first kappa shape index (κ1) is 21.0. The Morgan fingerprint density at radius 1 is 0.824 bits per heavy atom. The summed E-state index contributed by atoms with van der Waals surface area (Å²) in [5.74, 6) is 0. The summed E-state index contributed by atoms with van der Waals surface area (Å²) in [7, 11) is 0. The standard InChI is InChI=1S/C29H24N4Se/c1-19-14-15-23-22-10-5-11-24(27(22)34-28(23)31-19)25-12-6-13-26(32-25)29(2,3)20-8-4-9-21(18-20)33-17-7-16-30-33/h4-18H,1-3H3. The molecular formula is C29H24N4Se. The van der Waals surface area contributed by atoms with E-state index in [9.17, 15) is 0 Å². The molecule has 2 aromatic carbocycles. The molecular weight excluding hydrogens is 483 g/mol. The van der Waals surface area contributed by atoms with Gasteiger partial charge in [0.2, 0.25) is 0 Å². The van der Waals surface area contributed by atoms with Crippen LogP contribution in [0, 0.1) is 6.92 Å². The van der Waals surface area contributed by atoms with Crippen molar-refractivity contribution in [1.29, 1.82) is 0 Å². The average Bonchev–Trinajstić information content (AvgIpc) is 3.52. The summed E-state index contributed by atoms with van der Waals surface area (Å²) in [4.78, 5) is 10.0. The van der Waals surface area contributed by atoms with Gasteiger partial charge in [0.1, 0.15) is 0 Å². The quantitative estimate of drug-likeness (QED) is 0.262. The number of pyridine rings is 2. The van der Waals surface area contributed by atoms with Crippen molar-refractivity contribution in [1.82, 2.24) is 19.7 Å². The second kappa shape index (κ2) is 8.05. The van der Waals surface area contributed by atoms with Gasteiger partial charge in [0.25, 0.3) is 0 Å². The molecule has 0 aliphatic rings. The van der Waals surface area contributed by atoms with Gasteiger partial charge in [0, 0.05) is 0 Å². The third-order valence-electron chi connectivity index (χ3n) is 6.51. The van der Waals surface area contributed by atoms with Crippen molar-refractivity contribution in [2.45, 2.75) is 26.2 Å². The van der Waals surface area contributed by atoms with Gasteiger partial charge in [-0.2, -0.15) is 0 Å². The fraction of sp³-hybridized carbons (Fsp3) is 0.138. The van der Waals surface area contributed by atoms with E-state index in [1.54, 1.807) is 6.20 Å². The summed E-state index contributed by atoms with van der Waals surface area (Å²) >= 11 is 0.179. The zero-order valence-corrected chi connectivity index (χ0v) is 21.1. The van der Waals surface area contributed by atoms with Crippen LogP contribution in [0.2, 0.25) is 0 Å². The van der Waals surface area contributed by atoms with E-state index >= 15 is 0 Å². The number of benzene rings is 2. The molecule has 0 radical (unpaired) electrons. The van der Waals surface area contributed by atoms with Crippen LogP contribution >= 0.6 is 0 Å². The van der Waals surface area contributed by atoms with E-state index in [0.717, 1.165) is 22.8 Å². The molecule has 0 saturated carbocycles. The van der Waals surface area contributed by atoms with E-state index in [0.29, 0.717) is 0 Å². The second-order valence-corrected chi connectivity index (χ2v) is 11.2. The maximum atomic E-state index is 5.21. The Hall–Kier alpha value is -3.53. The predicted molar refractivity (Wildman–Crippen MR) is 140 cm³/mol. The molecule has 0 N–H and O–H groups in total. The van der Waals surface area contributed by atoms with Crippen LogP contribution in [0.25, 0.3) is 36.4 Å². The number of rotatable bonds is 4. The van der Waals surface area contributed by atoms with Crippen LogP contribution in [0.5, 0.6) is 0 Å². The molecule has 6 rings (SSSR count). The van der Waals surface area contributed by atoms with Crippen molar-refractivity contribution in [3.8, 4) is 16.9 Å². The first-order valence-corrected chi connectivity index (χ1v) is 13.1. The Labute approximate surface area is 204 Å². The number of aryl methyl sites for hydroxylation is 1. The number of hydrogen-bond acceptors (Lipinski definition) is 3. The molecule has 4 nitrogen and oxygen atoms in total. The molecule has 0 unspecified atom stereocenters. The minimum atomic E-state index is -0.260. The van der Waals surface area contributed by atoms with E-state index in [1.807, 2.05) is 16.9 Å². The number of nitrogens with zero attached hydrogens (tertiary/aromatic N) is 4. The van der Waals surface area contributed by atoms with Gasteiger partial charge < -0.3 is 0 Å². The van der Waals surface area contributed by atoms with Crippen LogP contribution < -0.4 is 0 Å². The predicted octanol–water partition coefficient (Wildman–Crippen LogP) is 6.33. The van der Waals surface area contributed by atoms with E-state index in [2.05, 4.69) is 98.7 Å². The average molecular weight is 507 g/mol. The number of aromatic nitrogens is 4. The molecule has 0 saturated heterocycles. The minimum absolute atomic E-state index is 0.179. The molecule has 166 valence electrons. The van der Waals surface area contributed by atoms with Gasteiger partial charge in [0.05, 0.1) is 0 Å². The summed E-state index contributed by atoms with van der Waals surface area (Å²) in [6.07, 6.45) is 3.77. The second-order valence-electron chi connectivity index (χ2n) is 9.12. The van der Waals surface area contributed by atoms with Gasteiger partial charge in [-0.25, -0.2) is 0 Å². The summed E-state index contributed by atoms with van der Waals surface area (Å²) < 4.78 is 4.50. The third-order valence-corrected chi connectivity index (χ3v) is 8.92. The summed E-state index contributed by atoms with van der Waals surface area (Å²) in [6, 6.07) is 27.8. The van der Waals surface area contributed by atoms with Crippen molar-refractivity contribution >= 4 is 33.9 Å². The molecule has 0 aliphatic heterocycles. The Balaban J connectivity index is 1.46. The molecule has 0 atom stereocenters. The number of hydrogen-bond donors (Lipinski definition) is 0. The Morgan fingerprint density at radius 2 is 1.68 bits per heavy atom. The molecule has 0 bridgehead atoms. The molecule has 0 amide bonds. The SMILES string of the molecule is Cc1ccc2c(n1)[se]c1c(-c3cccc(C(C)(C)c4cccc(-n5cccn5)c4)n3)cccc12. The van der Waals surface area contributed by atoms with Crippen LogP contribution in [0.15, 0.2) is 91.3 Å². The maximum absolute atomic E-state index is 5.21. The Kier molecular flexibility index (Phi) is 4.98. The van der Waals surface area contributed by atoms with E-state index < -0.39 is 0 Å². The van der Waals surface area contributed by atoms with Gasteiger partial charge in [-0.05, 0) is 0 Å². The fourth-order valence-corrected chi connectivity index (χ4v) is 7.12. The van der Waals surface area contributed by atoms with Crippen molar-refractivity contribution in [2.75, 3.05) is 0 Å². The van der Waals surface area contributed by atoms with Gasteiger partial charge in [-0.15, -0.1) is 0 Å². The zero-order chi connectivity index (χ0) is 23.3. The molecule has 0 fully saturated rings. The van der Waals surface area contributed by atoms with Crippen LogP contribution in [-0.4, -0.2) is 34.3 Å². The summed E-state index contributed by atoms with van der Waals surface area (Å²) in [6.45, 7) is 6.54. The van der Waals surface area contributed by atoms with Crippen LogP contribution in [-0.2, 0) is 5.41 Å². The van der Waals surface area contributed by atoms with Crippen molar-refractivity contribution in [3.63, 3.8) is 0 Å². The first-order valence-electron chi connectivity index (χ1n) is 11.4. The van der Waals surface area contributed by atoms with Gasteiger partial charge in [0.15, 0.2) is 0 Å². The zero-order valence-electron chi connectivity index (χ0n) is 19.4. The van der Waals surface area contributed by atoms with Crippen LogP contribution in [0.4, 0.5) is 0 Å². The first-order chi connectivity index (χ1) is 16.5. The molecule has 6 aromatic rings. The molecule has 4 heterocycles. The fourth-order valence-electron chi connectivity index (χ4n) is 4.51. The Morgan fingerprint density at radius 3 is 2.53 bits per heavy atom. The topological polar surface area (TPSA) is 43.6 Å². The monoisotopic (exact) mass is 508 g/mol. The summed E-state index contributed by atoms with van der Waals surface area (Å²) in [5, 5.41) is 6.97. The normalized spacial score (nSPS) is 12.0. The third kappa shape index (κ3) is 3.49. The molecule has 5 heteroatoms. The molecule has 0 spiro atoms. The van der Waals surface area contributed by atoms with Gasteiger partial charge >= 0.3 is 205 Å². The van der Waals surface area contributed by atoms with Gasteiger partial charge in [-0.3, -0.25) is 0 Å².